The summed E-state index contributed by atoms with van der Waals surface area (Å²) in [6.45, 7) is 7.74. The molecule has 1 aliphatic heterocycles. The summed E-state index contributed by atoms with van der Waals surface area (Å²) < 4.78 is 33.3. The molecule has 3 aromatic heterocycles. The molecule has 0 radical (unpaired) electrons. The first-order valence-electron chi connectivity index (χ1n) is 14.2. The summed E-state index contributed by atoms with van der Waals surface area (Å²) in [5, 5.41) is 3.12. The molecule has 5 rings (SSSR count). The van der Waals surface area contributed by atoms with Crippen molar-refractivity contribution in [2.45, 2.75) is 82.7 Å². The van der Waals surface area contributed by atoms with E-state index in [0.29, 0.717) is 64.8 Å². The summed E-state index contributed by atoms with van der Waals surface area (Å²) in [6, 6.07) is 3.57. The van der Waals surface area contributed by atoms with Crippen LogP contribution >= 0.6 is 11.3 Å². The number of piperidine rings is 1. The molecule has 1 amide bonds. The Hall–Kier alpha value is -3.16. The molecule has 0 aromatic carbocycles. The summed E-state index contributed by atoms with van der Waals surface area (Å²) in [6.07, 6.45) is 11.7. The van der Waals surface area contributed by atoms with Crippen LogP contribution in [0.1, 0.15) is 80.8 Å². The zero-order chi connectivity index (χ0) is 29.0. The molecule has 4 heterocycles. The third kappa shape index (κ3) is 7.38. The quantitative estimate of drug-likeness (QED) is 0.310. The van der Waals surface area contributed by atoms with E-state index >= 15 is 0 Å². The number of aromatic nitrogens is 4. The lowest BCUT2D eigenvalue weighted by Gasteiger charge is -2.40. The Balaban J connectivity index is 1.39. The van der Waals surface area contributed by atoms with Gasteiger partial charge >= 0.3 is 0 Å². The lowest BCUT2D eigenvalue weighted by atomic mass is 9.93. The van der Waals surface area contributed by atoms with Crippen molar-refractivity contribution in [2.75, 3.05) is 17.9 Å². The number of rotatable bonds is 12. The minimum atomic E-state index is -3.43. The third-order valence-corrected chi connectivity index (χ3v) is 10.3. The molecule has 1 saturated carbocycles. The first kappa shape index (κ1) is 29.3. The van der Waals surface area contributed by atoms with Crippen LogP contribution in [0.15, 0.2) is 36.9 Å². The van der Waals surface area contributed by atoms with Gasteiger partial charge in [-0.05, 0) is 71.6 Å². The van der Waals surface area contributed by atoms with E-state index < -0.39 is 16.1 Å². The summed E-state index contributed by atoms with van der Waals surface area (Å²) in [5.41, 5.74) is 1.64. The number of hydrogen-bond donors (Lipinski definition) is 2. The first-order chi connectivity index (χ1) is 19.7. The number of carbonyl (C=O) groups is 1. The van der Waals surface area contributed by atoms with Crippen LogP contribution in [0.3, 0.4) is 0 Å². The lowest BCUT2D eigenvalue weighted by Crippen LogP contribution is -2.46. The second-order valence-electron chi connectivity index (χ2n) is 10.8. The largest absolute Gasteiger partial charge is 0.477 e. The molecular weight excluding hydrogens is 562 g/mol. The Labute approximate surface area is 245 Å². The van der Waals surface area contributed by atoms with Gasteiger partial charge in [0.25, 0.3) is 5.91 Å². The van der Waals surface area contributed by atoms with Crippen molar-refractivity contribution in [3.05, 3.63) is 47.6 Å². The zero-order valence-corrected chi connectivity index (χ0v) is 25.2. The lowest BCUT2D eigenvalue weighted by molar-refractivity contribution is 0.0847. The predicted octanol–water partition coefficient (Wildman–Crippen LogP) is 4.42. The molecule has 220 valence electrons. The standard InChI is InChI=1S/C28H37N7O4S2/c1-4-39-26-17-29-15-24(32-26)25-16-31-28(40-25)27(36)33-23(14-20-7-5-6-12-35(20)18(2)3)22-13-19(10-11-30-22)34-41(37,38)21-8-9-21/h10-11,13,15-18,20-21,23H,4-9,12,14H2,1-3H3,(H,30,34)(H,33,36)/t20-,23+/m1/s1. The smallest absolute Gasteiger partial charge is 0.280 e. The molecule has 3 aromatic rings. The van der Waals surface area contributed by atoms with Crippen molar-refractivity contribution in [1.29, 1.82) is 0 Å². The molecular formula is C28H37N7O4S2. The van der Waals surface area contributed by atoms with Gasteiger partial charge in [0.2, 0.25) is 15.9 Å². The molecule has 0 unspecified atom stereocenters. The molecule has 2 aliphatic rings. The Bertz CT molecular complexity index is 1460. The summed E-state index contributed by atoms with van der Waals surface area (Å²) in [4.78, 5) is 34.3. The molecule has 1 saturated heterocycles. The SMILES string of the molecule is CCOc1cncc(-c2cnc(C(=O)N[C@@H](C[C@H]3CCCCN3C(C)C)c3cc(NS(=O)(=O)C4CC4)ccn3)s2)n1. The van der Waals surface area contributed by atoms with Crippen molar-refractivity contribution >= 4 is 33.0 Å². The molecule has 13 heteroatoms. The van der Waals surface area contributed by atoms with Gasteiger partial charge in [0.05, 0.1) is 46.6 Å². The number of anilines is 1. The Kier molecular flexibility index (Phi) is 9.15. The maximum Gasteiger partial charge on any atom is 0.280 e. The van der Waals surface area contributed by atoms with Gasteiger partial charge in [-0.2, -0.15) is 0 Å². The van der Waals surface area contributed by atoms with Crippen molar-refractivity contribution in [1.82, 2.24) is 30.2 Å². The van der Waals surface area contributed by atoms with Gasteiger partial charge in [0.1, 0.15) is 5.69 Å². The van der Waals surface area contributed by atoms with Gasteiger partial charge in [0.15, 0.2) is 5.01 Å². The van der Waals surface area contributed by atoms with Gasteiger partial charge in [-0.3, -0.25) is 24.4 Å². The highest BCUT2D eigenvalue weighted by Gasteiger charge is 2.36. The topological polar surface area (TPSA) is 139 Å². The number of sulfonamides is 1. The van der Waals surface area contributed by atoms with Gasteiger partial charge in [-0.15, -0.1) is 11.3 Å². The number of pyridine rings is 1. The summed E-state index contributed by atoms with van der Waals surface area (Å²) in [5.74, 6) is 0.0905. The minimum Gasteiger partial charge on any atom is -0.477 e. The minimum absolute atomic E-state index is 0.256. The maximum atomic E-state index is 13.5. The van der Waals surface area contributed by atoms with E-state index in [1.54, 1.807) is 36.9 Å². The monoisotopic (exact) mass is 599 g/mol. The molecule has 11 nitrogen and oxygen atoms in total. The van der Waals surface area contributed by atoms with Crippen LogP contribution in [0.25, 0.3) is 10.6 Å². The fraction of sp³-hybridized carbons (Fsp3) is 0.536. The number of hydrogen-bond acceptors (Lipinski definition) is 10. The fourth-order valence-corrected chi connectivity index (χ4v) is 7.36. The Morgan fingerprint density at radius 1 is 1.17 bits per heavy atom. The van der Waals surface area contributed by atoms with Crippen LogP contribution in [0.2, 0.25) is 0 Å². The number of nitrogens with one attached hydrogen (secondary N) is 2. The van der Waals surface area contributed by atoms with Crippen LogP contribution < -0.4 is 14.8 Å². The van der Waals surface area contributed by atoms with Gasteiger partial charge in [-0.1, -0.05) is 6.42 Å². The van der Waals surface area contributed by atoms with Gasteiger partial charge in [-0.25, -0.2) is 18.4 Å². The van der Waals surface area contributed by atoms with E-state index in [4.69, 9.17) is 4.74 Å². The molecule has 41 heavy (non-hydrogen) atoms. The Morgan fingerprint density at radius 3 is 2.76 bits per heavy atom. The Morgan fingerprint density at radius 2 is 2.00 bits per heavy atom. The highest BCUT2D eigenvalue weighted by atomic mass is 32.2. The third-order valence-electron chi connectivity index (χ3n) is 7.37. The van der Waals surface area contributed by atoms with Crippen molar-refractivity contribution in [3.63, 3.8) is 0 Å². The first-order valence-corrected chi connectivity index (χ1v) is 16.5. The maximum absolute atomic E-state index is 13.5. The molecule has 0 spiro atoms. The van der Waals surface area contributed by atoms with E-state index in [0.717, 1.165) is 25.8 Å². The van der Waals surface area contributed by atoms with E-state index in [1.807, 2.05) is 6.92 Å². The fourth-order valence-electron chi connectivity index (χ4n) is 5.21. The normalized spacial score (nSPS) is 18.7. The van der Waals surface area contributed by atoms with Crippen molar-refractivity contribution in [3.8, 4) is 16.5 Å². The average Bonchev–Trinajstić information content (AvgIpc) is 3.71. The highest BCUT2D eigenvalue weighted by Crippen LogP contribution is 2.32. The predicted molar refractivity (Wildman–Crippen MR) is 158 cm³/mol. The van der Waals surface area contributed by atoms with Crippen LogP contribution in [0.5, 0.6) is 5.88 Å². The number of likely N-dealkylation sites (tertiary alicyclic amines) is 1. The number of ether oxygens (including phenoxy) is 1. The number of thiazole rings is 1. The van der Waals surface area contributed by atoms with Crippen LogP contribution in [0.4, 0.5) is 5.69 Å². The van der Waals surface area contributed by atoms with E-state index in [-0.39, 0.29) is 17.2 Å². The highest BCUT2D eigenvalue weighted by molar-refractivity contribution is 7.93. The van der Waals surface area contributed by atoms with E-state index in [2.05, 4.69) is 48.7 Å². The summed E-state index contributed by atoms with van der Waals surface area (Å²) in [7, 11) is -3.43. The second kappa shape index (κ2) is 12.8. The number of amides is 1. The van der Waals surface area contributed by atoms with Crippen molar-refractivity contribution < 1.29 is 17.9 Å². The molecule has 2 N–H and O–H groups in total. The average molecular weight is 600 g/mol. The van der Waals surface area contributed by atoms with Crippen LogP contribution in [-0.2, 0) is 10.0 Å². The van der Waals surface area contributed by atoms with Gasteiger partial charge in [0, 0.05) is 24.5 Å². The van der Waals surface area contributed by atoms with E-state index in [9.17, 15) is 13.2 Å². The molecule has 0 bridgehead atoms. The van der Waals surface area contributed by atoms with Crippen molar-refractivity contribution in [2.24, 2.45) is 0 Å². The van der Waals surface area contributed by atoms with E-state index in [1.165, 1.54) is 11.3 Å². The number of nitrogens with zero attached hydrogens (tertiary/aromatic N) is 5. The van der Waals surface area contributed by atoms with Crippen LogP contribution in [0, 0.1) is 0 Å². The second-order valence-corrected chi connectivity index (χ2v) is 13.8. The molecule has 1 aliphatic carbocycles. The van der Waals surface area contributed by atoms with Crippen LogP contribution in [-0.4, -0.2) is 69.6 Å². The zero-order valence-electron chi connectivity index (χ0n) is 23.6. The number of carbonyl (C=O) groups excluding carboxylic acids is 1. The summed E-state index contributed by atoms with van der Waals surface area (Å²) >= 11 is 1.23. The molecule has 2 atom stereocenters. The van der Waals surface area contributed by atoms with Gasteiger partial charge < -0.3 is 10.1 Å². The molecule has 2 fully saturated rings.